The van der Waals surface area contributed by atoms with Gasteiger partial charge in [0.25, 0.3) is 0 Å². The smallest absolute Gasteiger partial charge is 0.285 e. The predicted octanol–water partition coefficient (Wildman–Crippen LogP) is -1.07. The molecule has 2 aromatic heterocycles. The molecule has 5 nitrogen and oxygen atoms in total. The highest BCUT2D eigenvalue weighted by atomic mass is 32.2. The van der Waals surface area contributed by atoms with E-state index in [2.05, 4.69) is 15.1 Å². The first-order chi connectivity index (χ1) is 6.22. The van der Waals surface area contributed by atoms with Gasteiger partial charge in [0.05, 0.1) is 0 Å². The molecule has 0 aliphatic carbocycles. The summed E-state index contributed by atoms with van der Waals surface area (Å²) in [5.74, 6) is 0. The highest BCUT2D eigenvalue weighted by Crippen LogP contribution is 2.04. The van der Waals surface area contributed by atoms with Gasteiger partial charge in [-0.2, -0.15) is 9.61 Å². The number of aromatic amines is 1. The monoisotopic (exact) mass is 192 g/mol. The lowest BCUT2D eigenvalue weighted by atomic mass is 10.0. The van der Waals surface area contributed by atoms with Crippen molar-refractivity contribution in [3.63, 3.8) is 0 Å². The lowest BCUT2D eigenvalue weighted by molar-refractivity contribution is 0.788. The van der Waals surface area contributed by atoms with E-state index >= 15 is 0 Å². The molecule has 2 aromatic rings. The minimum Gasteiger partial charge on any atom is -0.285 e. The predicted molar refractivity (Wildman–Crippen MR) is 50.8 cm³/mol. The Morgan fingerprint density at radius 3 is 3.15 bits per heavy atom. The third-order valence-electron chi connectivity index (χ3n) is 1.58. The van der Waals surface area contributed by atoms with E-state index in [0.29, 0.717) is 16.3 Å². The summed E-state index contributed by atoms with van der Waals surface area (Å²) in [5.41, 5.74) is 0.473. The Balaban J connectivity index is 2.88. The van der Waals surface area contributed by atoms with E-state index in [9.17, 15) is 4.79 Å². The number of nitrogens with one attached hydrogen (secondary N) is 1. The van der Waals surface area contributed by atoms with Gasteiger partial charge >= 0.3 is 5.69 Å². The molecule has 0 saturated carbocycles. The Labute approximate surface area is 79.0 Å². The van der Waals surface area contributed by atoms with Gasteiger partial charge in [-0.25, -0.2) is 9.78 Å². The maximum atomic E-state index is 11.3. The molecule has 64 valence electrons. The summed E-state index contributed by atoms with van der Waals surface area (Å²) in [7, 11) is 5.56. The van der Waals surface area contributed by atoms with E-state index < -0.39 is 0 Å². The van der Waals surface area contributed by atoms with Crippen LogP contribution in [0.2, 0.25) is 0 Å². The Morgan fingerprint density at radius 1 is 1.69 bits per heavy atom. The maximum absolute atomic E-state index is 11.3. The largest absolute Gasteiger partial charge is 0.350 e. The lowest BCUT2D eigenvalue weighted by Crippen LogP contribution is -2.20. The van der Waals surface area contributed by atoms with Crippen molar-refractivity contribution in [1.29, 1.82) is 0 Å². The minimum absolute atomic E-state index is 0.328. The van der Waals surface area contributed by atoms with Gasteiger partial charge in [-0.05, 0) is 11.7 Å². The Morgan fingerprint density at radius 2 is 2.46 bits per heavy atom. The molecule has 0 bridgehead atoms. The maximum Gasteiger partial charge on any atom is 0.350 e. The number of thioether (sulfide) groups is 1. The summed E-state index contributed by atoms with van der Waals surface area (Å²) >= 11 is 1.35. The van der Waals surface area contributed by atoms with Crippen LogP contribution in [0.3, 0.4) is 0 Å². The fourth-order valence-corrected chi connectivity index (χ4v) is 1.35. The average Bonchev–Trinajstić information content (AvgIpc) is 2.48. The average molecular weight is 192 g/mol. The first kappa shape index (κ1) is 8.37. The molecule has 13 heavy (non-hydrogen) atoms. The molecule has 0 amide bonds. The SMILES string of the molecule is [B]c1cnn2c(=O)[nH]c(SC)nc12. The topological polar surface area (TPSA) is 63.1 Å². The quantitative estimate of drug-likeness (QED) is 0.461. The van der Waals surface area contributed by atoms with Crippen molar-refractivity contribution in [3.05, 3.63) is 16.7 Å². The Bertz CT molecular complexity index is 505. The molecule has 0 aliphatic heterocycles. The van der Waals surface area contributed by atoms with Gasteiger partial charge in [0, 0.05) is 6.20 Å². The number of nitrogens with zero attached hydrogens (tertiary/aromatic N) is 3. The summed E-state index contributed by atoms with van der Waals surface area (Å²) in [6.45, 7) is 0. The third kappa shape index (κ3) is 1.25. The van der Waals surface area contributed by atoms with E-state index in [1.807, 2.05) is 6.26 Å². The summed E-state index contributed by atoms with van der Waals surface area (Å²) in [6, 6.07) is 0. The van der Waals surface area contributed by atoms with Gasteiger partial charge in [0.1, 0.15) is 7.85 Å². The second-order valence-corrected chi connectivity index (χ2v) is 3.18. The van der Waals surface area contributed by atoms with Crippen molar-refractivity contribution >= 4 is 30.7 Å². The van der Waals surface area contributed by atoms with Crippen molar-refractivity contribution in [2.75, 3.05) is 6.26 Å². The first-order valence-electron chi connectivity index (χ1n) is 3.50. The zero-order chi connectivity index (χ0) is 9.42. The molecule has 0 aliphatic rings. The molecule has 0 saturated heterocycles. The standard InChI is InChI=1S/C6H5BN4OS/c1-13-5-9-4-3(7)2-8-11(4)6(12)10-5/h2H,1H3,(H,9,10,12). The Kier molecular flexibility index (Phi) is 1.88. The van der Waals surface area contributed by atoms with Crippen LogP contribution >= 0.6 is 11.8 Å². The molecule has 2 radical (unpaired) electrons. The van der Waals surface area contributed by atoms with E-state index in [4.69, 9.17) is 7.85 Å². The second-order valence-electron chi connectivity index (χ2n) is 2.39. The van der Waals surface area contributed by atoms with E-state index in [1.54, 1.807) is 0 Å². The van der Waals surface area contributed by atoms with Crippen LogP contribution in [-0.2, 0) is 0 Å². The van der Waals surface area contributed by atoms with Gasteiger partial charge in [-0.3, -0.25) is 4.98 Å². The number of fused-ring (bicyclic) bond motifs is 1. The molecule has 7 heteroatoms. The highest BCUT2D eigenvalue weighted by Gasteiger charge is 2.05. The van der Waals surface area contributed by atoms with Crippen molar-refractivity contribution in [2.45, 2.75) is 5.16 Å². The van der Waals surface area contributed by atoms with Crippen LogP contribution in [0.5, 0.6) is 0 Å². The molecule has 2 rings (SSSR count). The number of aromatic nitrogens is 4. The number of hydrogen-bond acceptors (Lipinski definition) is 4. The number of H-pyrrole nitrogens is 1. The molecular weight excluding hydrogens is 187 g/mol. The number of hydrogen-bond donors (Lipinski definition) is 1. The van der Waals surface area contributed by atoms with Gasteiger partial charge in [-0.15, -0.1) is 0 Å². The van der Waals surface area contributed by atoms with E-state index in [1.165, 1.54) is 18.0 Å². The molecule has 0 aromatic carbocycles. The second kappa shape index (κ2) is 2.92. The van der Waals surface area contributed by atoms with Crippen LogP contribution in [0.1, 0.15) is 0 Å². The molecule has 0 atom stereocenters. The van der Waals surface area contributed by atoms with Crippen molar-refractivity contribution in [3.8, 4) is 0 Å². The molecular formula is C6H5BN4OS. The van der Waals surface area contributed by atoms with Gasteiger partial charge in [0.2, 0.25) is 0 Å². The summed E-state index contributed by atoms with van der Waals surface area (Å²) < 4.78 is 1.13. The summed E-state index contributed by atoms with van der Waals surface area (Å²) in [6.07, 6.45) is 3.23. The fourth-order valence-electron chi connectivity index (χ4n) is 0.980. The Hall–Kier alpha value is -1.24. The zero-order valence-corrected chi connectivity index (χ0v) is 7.63. The fraction of sp³-hybridized carbons (Fsp3) is 0.167. The van der Waals surface area contributed by atoms with Crippen LogP contribution in [0.15, 0.2) is 16.1 Å². The molecule has 0 unspecified atom stereocenters. The van der Waals surface area contributed by atoms with E-state index in [-0.39, 0.29) is 5.69 Å². The van der Waals surface area contributed by atoms with Crippen molar-refractivity contribution < 1.29 is 0 Å². The molecule has 2 heterocycles. The zero-order valence-electron chi connectivity index (χ0n) is 6.81. The third-order valence-corrected chi connectivity index (χ3v) is 2.16. The normalized spacial score (nSPS) is 10.8. The van der Waals surface area contributed by atoms with E-state index in [0.717, 1.165) is 4.52 Å². The van der Waals surface area contributed by atoms with Crippen LogP contribution in [-0.4, -0.2) is 33.7 Å². The lowest BCUT2D eigenvalue weighted by Gasteiger charge is -1.96. The minimum atomic E-state index is -0.328. The first-order valence-corrected chi connectivity index (χ1v) is 4.72. The molecule has 0 fully saturated rings. The highest BCUT2D eigenvalue weighted by molar-refractivity contribution is 7.98. The summed E-state index contributed by atoms with van der Waals surface area (Å²) in [5, 5.41) is 4.30. The van der Waals surface area contributed by atoms with Crippen LogP contribution < -0.4 is 11.2 Å². The van der Waals surface area contributed by atoms with Gasteiger partial charge in [0.15, 0.2) is 10.8 Å². The van der Waals surface area contributed by atoms with Crippen LogP contribution in [0, 0.1) is 0 Å². The van der Waals surface area contributed by atoms with Crippen molar-refractivity contribution in [2.24, 2.45) is 0 Å². The van der Waals surface area contributed by atoms with Gasteiger partial charge < -0.3 is 0 Å². The molecule has 1 N–H and O–H groups in total. The van der Waals surface area contributed by atoms with Crippen LogP contribution in [0.4, 0.5) is 0 Å². The molecule has 0 spiro atoms. The summed E-state index contributed by atoms with van der Waals surface area (Å²) in [4.78, 5) is 18.0. The van der Waals surface area contributed by atoms with Gasteiger partial charge in [-0.1, -0.05) is 11.8 Å². The van der Waals surface area contributed by atoms with Crippen molar-refractivity contribution in [1.82, 2.24) is 19.6 Å². The number of rotatable bonds is 1. The van der Waals surface area contributed by atoms with Crippen LogP contribution in [0.25, 0.3) is 5.65 Å².